The molecule has 1 aromatic carbocycles. The Morgan fingerprint density at radius 2 is 1.37 bits per heavy atom. The Morgan fingerprint density at radius 1 is 0.842 bits per heavy atom. The lowest BCUT2D eigenvalue weighted by Crippen LogP contribution is -2.05. The van der Waals surface area contributed by atoms with E-state index >= 15 is 0 Å². The van der Waals surface area contributed by atoms with Gasteiger partial charge in [0, 0.05) is 0 Å². The van der Waals surface area contributed by atoms with E-state index in [4.69, 9.17) is 0 Å². The van der Waals surface area contributed by atoms with Gasteiger partial charge in [0.25, 0.3) is 0 Å². The van der Waals surface area contributed by atoms with Crippen LogP contribution in [0.2, 0.25) is 0 Å². The predicted octanol–water partition coefficient (Wildman–Crippen LogP) is 5.64. The van der Waals surface area contributed by atoms with E-state index in [0.29, 0.717) is 11.8 Å². The van der Waals surface area contributed by atoms with Gasteiger partial charge in [-0.3, -0.25) is 0 Å². The fraction of sp³-hybridized carbons (Fsp3) is 0.368. The van der Waals surface area contributed by atoms with Crippen molar-refractivity contribution in [1.82, 2.24) is 0 Å². The highest BCUT2D eigenvalue weighted by atomic mass is 14.2. The van der Waals surface area contributed by atoms with Crippen molar-refractivity contribution in [2.75, 3.05) is 0 Å². The first-order chi connectivity index (χ1) is 9.06. The molecule has 0 saturated carbocycles. The normalized spacial score (nSPS) is 15.6. The molecule has 19 heavy (non-hydrogen) atoms. The van der Waals surface area contributed by atoms with Crippen LogP contribution in [0.1, 0.15) is 39.7 Å². The Kier molecular flexibility index (Phi) is 4.42. The van der Waals surface area contributed by atoms with Crippen molar-refractivity contribution in [2.24, 2.45) is 11.8 Å². The number of benzene rings is 1. The summed E-state index contributed by atoms with van der Waals surface area (Å²) >= 11 is 0. The van der Waals surface area contributed by atoms with Crippen LogP contribution >= 0.6 is 0 Å². The van der Waals surface area contributed by atoms with Gasteiger partial charge in [-0.05, 0) is 35.5 Å². The third-order valence-corrected chi connectivity index (χ3v) is 3.73. The molecular weight excluding hydrogens is 228 g/mol. The van der Waals surface area contributed by atoms with Gasteiger partial charge in [0.1, 0.15) is 0 Å². The summed E-state index contributed by atoms with van der Waals surface area (Å²) < 4.78 is 0. The first kappa shape index (κ1) is 13.9. The van der Waals surface area contributed by atoms with Crippen molar-refractivity contribution in [2.45, 2.75) is 34.1 Å². The summed E-state index contributed by atoms with van der Waals surface area (Å²) in [5, 5.41) is 0. The Hall–Kier alpha value is -1.56. The van der Waals surface area contributed by atoms with Crippen molar-refractivity contribution < 1.29 is 0 Å². The molecule has 0 aliphatic heterocycles. The Labute approximate surface area is 117 Å². The first-order valence-electron chi connectivity index (χ1n) is 7.24. The Bertz CT molecular complexity index is 484. The van der Waals surface area contributed by atoms with Crippen LogP contribution in [0.3, 0.4) is 0 Å². The predicted molar refractivity (Wildman–Crippen MR) is 84.9 cm³/mol. The second kappa shape index (κ2) is 6.06. The molecule has 0 nitrogen and oxygen atoms in total. The van der Waals surface area contributed by atoms with E-state index in [9.17, 15) is 0 Å². The van der Waals surface area contributed by atoms with Gasteiger partial charge in [-0.25, -0.2) is 0 Å². The lowest BCUT2D eigenvalue weighted by molar-refractivity contribution is 0.676. The summed E-state index contributed by atoms with van der Waals surface area (Å²) in [6, 6.07) is 10.6. The SMILES string of the molecule is CC(C)C1=CC(=Cc2ccccc2)C=C(C(C)C)C1. The molecule has 2 rings (SSSR count). The molecular formula is C19H24. The molecule has 1 aliphatic carbocycles. The quantitative estimate of drug-likeness (QED) is 0.653. The van der Waals surface area contributed by atoms with Crippen molar-refractivity contribution in [1.29, 1.82) is 0 Å². The molecule has 0 heterocycles. The van der Waals surface area contributed by atoms with Crippen LogP contribution in [0.15, 0.2) is 59.2 Å². The van der Waals surface area contributed by atoms with Crippen LogP contribution in [0.25, 0.3) is 6.08 Å². The summed E-state index contributed by atoms with van der Waals surface area (Å²) in [5.74, 6) is 1.25. The van der Waals surface area contributed by atoms with Crippen molar-refractivity contribution in [3.8, 4) is 0 Å². The van der Waals surface area contributed by atoms with Gasteiger partial charge >= 0.3 is 0 Å². The highest BCUT2D eigenvalue weighted by Gasteiger charge is 2.14. The number of allylic oxidation sites excluding steroid dienone is 5. The molecule has 0 amide bonds. The summed E-state index contributed by atoms with van der Waals surface area (Å²) in [7, 11) is 0. The fourth-order valence-electron chi connectivity index (χ4n) is 2.37. The van der Waals surface area contributed by atoms with Crippen molar-refractivity contribution in [3.63, 3.8) is 0 Å². The molecule has 0 N–H and O–H groups in total. The van der Waals surface area contributed by atoms with Gasteiger partial charge in [0.2, 0.25) is 0 Å². The second-order valence-corrected chi connectivity index (χ2v) is 5.98. The van der Waals surface area contributed by atoms with Crippen LogP contribution in [-0.4, -0.2) is 0 Å². The summed E-state index contributed by atoms with van der Waals surface area (Å²) in [4.78, 5) is 0. The molecule has 0 spiro atoms. The maximum absolute atomic E-state index is 2.36. The molecule has 0 bridgehead atoms. The summed E-state index contributed by atoms with van der Waals surface area (Å²) in [6.45, 7) is 9.15. The van der Waals surface area contributed by atoms with Gasteiger partial charge in [-0.1, -0.05) is 81.3 Å². The van der Waals surface area contributed by atoms with Gasteiger partial charge in [-0.2, -0.15) is 0 Å². The minimum Gasteiger partial charge on any atom is -0.0630 e. The van der Waals surface area contributed by atoms with Crippen LogP contribution < -0.4 is 0 Å². The maximum atomic E-state index is 2.36. The van der Waals surface area contributed by atoms with Crippen LogP contribution in [-0.2, 0) is 0 Å². The van der Waals surface area contributed by atoms with Gasteiger partial charge in [-0.15, -0.1) is 0 Å². The highest BCUT2D eigenvalue weighted by Crippen LogP contribution is 2.31. The van der Waals surface area contributed by atoms with E-state index in [1.807, 2.05) is 0 Å². The van der Waals surface area contributed by atoms with Gasteiger partial charge < -0.3 is 0 Å². The summed E-state index contributed by atoms with van der Waals surface area (Å²) in [6.07, 6.45) is 8.15. The average Bonchev–Trinajstić information content (AvgIpc) is 2.39. The first-order valence-corrected chi connectivity index (χ1v) is 7.24. The molecule has 0 aromatic heterocycles. The lowest BCUT2D eigenvalue weighted by Gasteiger charge is -2.22. The fourth-order valence-corrected chi connectivity index (χ4v) is 2.37. The van der Waals surface area contributed by atoms with E-state index in [1.54, 1.807) is 11.1 Å². The molecule has 0 fully saturated rings. The number of hydrogen-bond acceptors (Lipinski definition) is 0. The average molecular weight is 252 g/mol. The number of rotatable bonds is 3. The standard InChI is InChI=1S/C19H24/c1-14(2)18-11-17(12-19(13-18)15(3)4)10-16-8-6-5-7-9-16/h5-12,14-15H,13H2,1-4H3. The zero-order chi connectivity index (χ0) is 13.8. The highest BCUT2D eigenvalue weighted by molar-refractivity contribution is 5.62. The largest absolute Gasteiger partial charge is 0.0630 e. The monoisotopic (exact) mass is 252 g/mol. The van der Waals surface area contributed by atoms with Gasteiger partial charge in [0.05, 0.1) is 0 Å². The van der Waals surface area contributed by atoms with Crippen LogP contribution in [0, 0.1) is 11.8 Å². The minimum absolute atomic E-state index is 0.627. The maximum Gasteiger partial charge on any atom is -0.00966 e. The van der Waals surface area contributed by atoms with Crippen LogP contribution in [0.4, 0.5) is 0 Å². The third-order valence-electron chi connectivity index (χ3n) is 3.73. The molecule has 0 saturated heterocycles. The van der Waals surface area contributed by atoms with E-state index in [0.717, 1.165) is 6.42 Å². The van der Waals surface area contributed by atoms with Crippen molar-refractivity contribution in [3.05, 3.63) is 64.8 Å². The van der Waals surface area contributed by atoms with E-state index in [1.165, 1.54) is 11.1 Å². The number of hydrogen-bond donors (Lipinski definition) is 0. The molecule has 0 heteroatoms. The zero-order valence-electron chi connectivity index (χ0n) is 12.5. The summed E-state index contributed by atoms with van der Waals surface area (Å²) in [5.41, 5.74) is 5.71. The van der Waals surface area contributed by atoms with E-state index < -0.39 is 0 Å². The molecule has 100 valence electrons. The molecule has 0 atom stereocenters. The zero-order valence-corrected chi connectivity index (χ0v) is 12.5. The third kappa shape index (κ3) is 3.70. The van der Waals surface area contributed by atoms with E-state index in [-0.39, 0.29) is 0 Å². The minimum atomic E-state index is 0.627. The van der Waals surface area contributed by atoms with Crippen LogP contribution in [0.5, 0.6) is 0 Å². The Balaban J connectivity index is 2.36. The van der Waals surface area contributed by atoms with Crippen molar-refractivity contribution >= 4 is 6.08 Å². The molecule has 0 radical (unpaired) electrons. The lowest BCUT2D eigenvalue weighted by atomic mass is 9.84. The molecule has 0 unspecified atom stereocenters. The second-order valence-electron chi connectivity index (χ2n) is 5.98. The smallest absolute Gasteiger partial charge is 0.00966 e. The molecule has 1 aromatic rings. The van der Waals surface area contributed by atoms with Gasteiger partial charge in [0.15, 0.2) is 0 Å². The topological polar surface area (TPSA) is 0 Å². The van der Waals surface area contributed by atoms with E-state index in [2.05, 4.69) is 76.3 Å². The Morgan fingerprint density at radius 3 is 1.84 bits per heavy atom. The molecule has 1 aliphatic rings.